The maximum absolute atomic E-state index is 11.5. The zero-order valence-corrected chi connectivity index (χ0v) is 8.05. The highest BCUT2D eigenvalue weighted by Crippen LogP contribution is 2.18. The number of carbonyl (C=O) groups excluding carboxylic acids is 1. The zero-order chi connectivity index (χ0) is 9.84. The van der Waals surface area contributed by atoms with Crippen LogP contribution in [0.2, 0.25) is 0 Å². The molecule has 1 aliphatic heterocycles. The predicted molar refractivity (Wildman–Crippen MR) is 52.9 cm³/mol. The minimum absolute atomic E-state index is 0.0486. The van der Waals surface area contributed by atoms with Crippen LogP contribution < -0.4 is 0 Å². The molecule has 0 spiro atoms. The first-order valence-electron chi connectivity index (χ1n) is 4.62. The van der Waals surface area contributed by atoms with Gasteiger partial charge < -0.3 is 10.3 Å². The van der Waals surface area contributed by atoms with Crippen molar-refractivity contribution in [2.24, 2.45) is 0 Å². The van der Waals surface area contributed by atoms with Gasteiger partial charge in [0.15, 0.2) is 0 Å². The lowest BCUT2D eigenvalue weighted by molar-refractivity contribution is -0.130. The van der Waals surface area contributed by atoms with E-state index in [9.17, 15) is 4.79 Å². The van der Waals surface area contributed by atoms with Crippen molar-refractivity contribution in [2.45, 2.75) is 32.2 Å². The summed E-state index contributed by atoms with van der Waals surface area (Å²) < 4.78 is 0. The van der Waals surface area contributed by atoms with Crippen molar-refractivity contribution in [3.63, 3.8) is 0 Å². The summed E-state index contributed by atoms with van der Waals surface area (Å²) >= 11 is 0. The summed E-state index contributed by atoms with van der Waals surface area (Å²) in [5.41, 5.74) is 0.593. The second-order valence-corrected chi connectivity index (χ2v) is 3.42. The van der Waals surface area contributed by atoms with Crippen molar-refractivity contribution in [2.75, 3.05) is 6.54 Å². The number of nitrogens with zero attached hydrogens (tertiary/aromatic N) is 1. The van der Waals surface area contributed by atoms with Crippen LogP contribution in [0.25, 0.3) is 0 Å². The van der Waals surface area contributed by atoms with Crippen LogP contribution in [0, 0.1) is 5.41 Å². The van der Waals surface area contributed by atoms with E-state index in [0.717, 1.165) is 19.4 Å². The van der Waals surface area contributed by atoms with Gasteiger partial charge in [-0.3, -0.25) is 4.79 Å². The van der Waals surface area contributed by atoms with Gasteiger partial charge in [0.1, 0.15) is 0 Å². The lowest BCUT2D eigenvalue weighted by atomic mass is 10.1. The van der Waals surface area contributed by atoms with Crippen molar-refractivity contribution in [3.05, 3.63) is 12.7 Å². The van der Waals surface area contributed by atoms with Gasteiger partial charge >= 0.3 is 0 Å². The summed E-state index contributed by atoms with van der Waals surface area (Å²) in [5, 5.41) is 7.53. The molecule has 72 valence electrons. The molecule has 0 aliphatic carbocycles. The Balaban J connectivity index is 2.62. The van der Waals surface area contributed by atoms with Crippen LogP contribution in [0.3, 0.4) is 0 Å². The molecule has 3 heteroatoms. The van der Waals surface area contributed by atoms with Crippen molar-refractivity contribution < 1.29 is 4.79 Å². The summed E-state index contributed by atoms with van der Waals surface area (Å²) in [4.78, 5) is 13.3. The zero-order valence-electron chi connectivity index (χ0n) is 8.05. The molecule has 0 unspecified atom stereocenters. The normalized spacial score (nSPS) is 21.6. The fraction of sp³-hybridized carbons (Fsp3) is 0.600. The van der Waals surface area contributed by atoms with Crippen LogP contribution in [-0.2, 0) is 4.79 Å². The maximum Gasteiger partial charge on any atom is 0.226 e. The molecule has 3 nitrogen and oxygen atoms in total. The Labute approximate surface area is 78.9 Å². The molecular weight excluding hydrogens is 164 g/mol. The average Bonchev–Trinajstić information content (AvgIpc) is 2.52. The summed E-state index contributed by atoms with van der Waals surface area (Å²) in [7, 11) is 0. The third kappa shape index (κ3) is 2.17. The van der Waals surface area contributed by atoms with Gasteiger partial charge in [-0.2, -0.15) is 0 Å². The van der Waals surface area contributed by atoms with Gasteiger partial charge in [0.05, 0.1) is 6.04 Å². The molecule has 1 amide bonds. The molecule has 1 aliphatic rings. The van der Waals surface area contributed by atoms with E-state index in [1.165, 1.54) is 0 Å². The number of hydrogen-bond donors (Lipinski definition) is 1. The third-order valence-corrected chi connectivity index (χ3v) is 2.39. The van der Waals surface area contributed by atoms with Crippen molar-refractivity contribution in [3.8, 4) is 0 Å². The van der Waals surface area contributed by atoms with Crippen LogP contribution in [0.5, 0.6) is 0 Å². The van der Waals surface area contributed by atoms with Gasteiger partial charge in [-0.15, -0.1) is 6.58 Å². The number of rotatable bonds is 3. The summed E-state index contributed by atoms with van der Waals surface area (Å²) in [5.74, 6) is 0.101. The monoisotopic (exact) mass is 180 g/mol. The molecule has 0 aromatic carbocycles. The van der Waals surface area contributed by atoms with Gasteiger partial charge in [0, 0.05) is 18.7 Å². The van der Waals surface area contributed by atoms with E-state index in [1.807, 2.05) is 0 Å². The van der Waals surface area contributed by atoms with Gasteiger partial charge in [-0.05, 0) is 19.8 Å². The van der Waals surface area contributed by atoms with Gasteiger partial charge in [-0.1, -0.05) is 6.08 Å². The number of amides is 1. The molecule has 0 bridgehead atoms. The van der Waals surface area contributed by atoms with Crippen LogP contribution in [0.4, 0.5) is 0 Å². The Hall–Kier alpha value is -1.12. The van der Waals surface area contributed by atoms with E-state index in [0.29, 0.717) is 12.1 Å². The fourth-order valence-electron chi connectivity index (χ4n) is 1.76. The third-order valence-electron chi connectivity index (χ3n) is 2.39. The lowest BCUT2D eigenvalue weighted by Gasteiger charge is -2.23. The summed E-state index contributed by atoms with van der Waals surface area (Å²) in [6.45, 7) is 6.11. The summed E-state index contributed by atoms with van der Waals surface area (Å²) in [6, 6.07) is 0.0486. The minimum atomic E-state index is 0.0486. The Kier molecular flexibility index (Phi) is 3.23. The molecule has 13 heavy (non-hydrogen) atoms. The largest absolute Gasteiger partial charge is 0.334 e. The van der Waals surface area contributed by atoms with Crippen LogP contribution in [-0.4, -0.2) is 29.1 Å². The number of hydrogen-bond acceptors (Lipinski definition) is 2. The van der Waals surface area contributed by atoms with Crippen molar-refractivity contribution in [1.29, 1.82) is 5.41 Å². The predicted octanol–water partition coefficient (Wildman–Crippen LogP) is 1.59. The molecule has 1 saturated heterocycles. The minimum Gasteiger partial charge on any atom is -0.334 e. The standard InChI is InChI=1S/C10H16N2O/c1-3-5-10(13)12-7-4-6-9(12)8(2)11/h3,9,11H,1,4-7H2,2H3/t9-/m0/s1. The van der Waals surface area contributed by atoms with Crippen LogP contribution >= 0.6 is 0 Å². The van der Waals surface area contributed by atoms with Gasteiger partial charge in [0.2, 0.25) is 5.91 Å². The Morgan fingerprint density at radius 3 is 3.00 bits per heavy atom. The smallest absolute Gasteiger partial charge is 0.226 e. The van der Waals surface area contributed by atoms with E-state index >= 15 is 0 Å². The van der Waals surface area contributed by atoms with Crippen LogP contribution in [0.1, 0.15) is 26.2 Å². The molecule has 1 N–H and O–H groups in total. The second kappa shape index (κ2) is 4.21. The first-order chi connectivity index (χ1) is 6.16. The number of nitrogens with one attached hydrogen (secondary N) is 1. The highest BCUT2D eigenvalue weighted by atomic mass is 16.2. The van der Waals surface area contributed by atoms with E-state index in [-0.39, 0.29) is 11.9 Å². The molecule has 1 atom stereocenters. The highest BCUT2D eigenvalue weighted by Gasteiger charge is 2.28. The van der Waals surface area contributed by atoms with E-state index in [4.69, 9.17) is 5.41 Å². The van der Waals surface area contributed by atoms with Gasteiger partial charge in [0.25, 0.3) is 0 Å². The molecule has 0 aromatic heterocycles. The Morgan fingerprint density at radius 2 is 2.46 bits per heavy atom. The van der Waals surface area contributed by atoms with Crippen molar-refractivity contribution in [1.82, 2.24) is 4.90 Å². The van der Waals surface area contributed by atoms with Crippen molar-refractivity contribution >= 4 is 11.6 Å². The Morgan fingerprint density at radius 1 is 1.77 bits per heavy atom. The second-order valence-electron chi connectivity index (χ2n) is 3.42. The van der Waals surface area contributed by atoms with Crippen LogP contribution in [0.15, 0.2) is 12.7 Å². The average molecular weight is 180 g/mol. The van der Waals surface area contributed by atoms with E-state index in [1.54, 1.807) is 17.9 Å². The maximum atomic E-state index is 11.5. The highest BCUT2D eigenvalue weighted by molar-refractivity contribution is 5.90. The van der Waals surface area contributed by atoms with E-state index < -0.39 is 0 Å². The topological polar surface area (TPSA) is 44.2 Å². The number of carbonyl (C=O) groups is 1. The lowest BCUT2D eigenvalue weighted by Crippen LogP contribution is -2.38. The fourth-order valence-corrected chi connectivity index (χ4v) is 1.76. The molecule has 0 saturated carbocycles. The first-order valence-corrected chi connectivity index (χ1v) is 4.62. The molecule has 0 radical (unpaired) electrons. The molecule has 0 aromatic rings. The molecule has 1 fully saturated rings. The SMILES string of the molecule is C=CCC(=O)N1CCC[C@H]1C(C)=N. The first kappa shape index (κ1) is 9.96. The Bertz CT molecular complexity index is 235. The van der Waals surface area contributed by atoms with Gasteiger partial charge in [-0.25, -0.2) is 0 Å². The quantitative estimate of drug-likeness (QED) is 0.520. The number of likely N-dealkylation sites (tertiary alicyclic amines) is 1. The molecular formula is C10H16N2O. The molecule has 1 rings (SSSR count). The van der Waals surface area contributed by atoms with E-state index in [2.05, 4.69) is 6.58 Å². The summed E-state index contributed by atoms with van der Waals surface area (Å²) in [6.07, 6.45) is 3.97. The molecule has 1 heterocycles.